The van der Waals surface area contributed by atoms with E-state index in [1.54, 1.807) is 0 Å². The van der Waals surface area contributed by atoms with E-state index in [4.69, 9.17) is 0 Å². The van der Waals surface area contributed by atoms with Crippen LogP contribution in [0.15, 0.2) is 12.1 Å². The minimum atomic E-state index is -0.682. The zero-order valence-corrected chi connectivity index (χ0v) is 10.9. The Labute approximate surface area is 111 Å². The summed E-state index contributed by atoms with van der Waals surface area (Å²) in [7, 11) is 0. The summed E-state index contributed by atoms with van der Waals surface area (Å²) >= 11 is 0. The number of amides is 1. The number of halogens is 2. The molecule has 3 nitrogen and oxygen atoms in total. The lowest BCUT2D eigenvalue weighted by atomic mass is 9.99. The molecule has 1 heterocycles. The topological polar surface area (TPSA) is 41.1 Å². The van der Waals surface area contributed by atoms with Crippen molar-refractivity contribution in [1.29, 1.82) is 0 Å². The van der Waals surface area contributed by atoms with Gasteiger partial charge in [-0.05, 0) is 56.5 Å². The molecule has 1 unspecified atom stereocenters. The zero-order valence-electron chi connectivity index (χ0n) is 10.9. The fourth-order valence-corrected chi connectivity index (χ4v) is 2.25. The molecule has 1 atom stereocenters. The molecule has 1 aliphatic heterocycles. The van der Waals surface area contributed by atoms with Crippen LogP contribution in [0.5, 0.6) is 0 Å². The van der Waals surface area contributed by atoms with Gasteiger partial charge in [-0.1, -0.05) is 0 Å². The number of aryl methyl sites for hydroxylation is 1. The van der Waals surface area contributed by atoms with E-state index in [1.807, 2.05) is 0 Å². The van der Waals surface area contributed by atoms with Crippen LogP contribution in [0.4, 0.5) is 8.78 Å². The van der Waals surface area contributed by atoms with Gasteiger partial charge in [0.05, 0.1) is 5.56 Å². The molecule has 104 valence electrons. The van der Waals surface area contributed by atoms with Crippen molar-refractivity contribution >= 4 is 5.91 Å². The Morgan fingerprint density at radius 2 is 2.21 bits per heavy atom. The maximum absolute atomic E-state index is 13.6. The van der Waals surface area contributed by atoms with E-state index in [2.05, 4.69) is 10.6 Å². The summed E-state index contributed by atoms with van der Waals surface area (Å²) < 4.78 is 27.0. The van der Waals surface area contributed by atoms with Crippen LogP contribution in [0.2, 0.25) is 0 Å². The van der Waals surface area contributed by atoms with E-state index in [0.29, 0.717) is 12.5 Å². The van der Waals surface area contributed by atoms with Gasteiger partial charge in [-0.25, -0.2) is 8.78 Å². The van der Waals surface area contributed by atoms with Crippen molar-refractivity contribution < 1.29 is 13.6 Å². The summed E-state index contributed by atoms with van der Waals surface area (Å²) in [6, 6.07) is 2.01. The molecule has 0 aliphatic carbocycles. The van der Waals surface area contributed by atoms with Gasteiger partial charge in [-0.3, -0.25) is 4.79 Å². The maximum atomic E-state index is 13.6. The molecule has 2 rings (SSSR count). The Kier molecular flexibility index (Phi) is 4.47. The Hall–Kier alpha value is -1.49. The predicted molar refractivity (Wildman–Crippen MR) is 69.0 cm³/mol. The van der Waals surface area contributed by atoms with Crippen LogP contribution in [-0.4, -0.2) is 25.5 Å². The first-order valence-electron chi connectivity index (χ1n) is 6.52. The summed E-state index contributed by atoms with van der Waals surface area (Å²) in [5.74, 6) is -1.44. The number of carbonyl (C=O) groups excluding carboxylic acids is 1. The van der Waals surface area contributed by atoms with Gasteiger partial charge in [-0.2, -0.15) is 0 Å². The smallest absolute Gasteiger partial charge is 0.254 e. The molecule has 5 heteroatoms. The molecule has 0 aromatic heterocycles. The van der Waals surface area contributed by atoms with Crippen LogP contribution in [0.25, 0.3) is 0 Å². The number of rotatable bonds is 3. The first-order chi connectivity index (χ1) is 9.08. The quantitative estimate of drug-likeness (QED) is 0.880. The van der Waals surface area contributed by atoms with Gasteiger partial charge in [0.15, 0.2) is 0 Å². The van der Waals surface area contributed by atoms with Crippen LogP contribution in [0.3, 0.4) is 0 Å². The Morgan fingerprint density at radius 3 is 2.89 bits per heavy atom. The summed E-state index contributed by atoms with van der Waals surface area (Å²) in [5.41, 5.74) is -0.0302. The summed E-state index contributed by atoms with van der Waals surface area (Å²) in [4.78, 5) is 11.8. The Morgan fingerprint density at radius 1 is 1.42 bits per heavy atom. The number of nitrogens with one attached hydrogen (secondary N) is 2. The first kappa shape index (κ1) is 13.9. The highest BCUT2D eigenvalue weighted by molar-refractivity contribution is 5.94. The van der Waals surface area contributed by atoms with E-state index >= 15 is 0 Å². The van der Waals surface area contributed by atoms with Crippen molar-refractivity contribution in [3.8, 4) is 0 Å². The van der Waals surface area contributed by atoms with Crippen molar-refractivity contribution in [1.82, 2.24) is 10.6 Å². The standard InChI is InChI=1S/C14H18F2N2O/c1-9-5-13(16)11(6-12(9)15)14(19)18-8-10-3-2-4-17-7-10/h5-6,10,17H,2-4,7-8H2,1H3,(H,18,19). The molecular weight excluding hydrogens is 250 g/mol. The minimum absolute atomic E-state index is 0.200. The monoisotopic (exact) mass is 268 g/mol. The normalized spacial score (nSPS) is 19.2. The third kappa shape index (κ3) is 3.50. The molecule has 2 N–H and O–H groups in total. The van der Waals surface area contributed by atoms with Crippen LogP contribution < -0.4 is 10.6 Å². The lowest BCUT2D eigenvalue weighted by Crippen LogP contribution is -2.38. The molecule has 1 amide bonds. The van der Waals surface area contributed by atoms with Crippen LogP contribution >= 0.6 is 0 Å². The molecule has 1 aromatic carbocycles. The molecule has 1 aromatic rings. The molecule has 0 saturated carbocycles. The van der Waals surface area contributed by atoms with Crippen molar-refractivity contribution in [3.63, 3.8) is 0 Å². The second-order valence-corrected chi connectivity index (χ2v) is 5.00. The third-order valence-corrected chi connectivity index (χ3v) is 3.44. The minimum Gasteiger partial charge on any atom is -0.352 e. The zero-order chi connectivity index (χ0) is 13.8. The second-order valence-electron chi connectivity index (χ2n) is 5.00. The van der Waals surface area contributed by atoms with E-state index in [-0.39, 0.29) is 11.1 Å². The van der Waals surface area contributed by atoms with E-state index in [1.165, 1.54) is 6.92 Å². The van der Waals surface area contributed by atoms with Gasteiger partial charge in [0.25, 0.3) is 5.91 Å². The van der Waals surface area contributed by atoms with Crippen LogP contribution in [0.1, 0.15) is 28.8 Å². The first-order valence-corrected chi connectivity index (χ1v) is 6.52. The second kappa shape index (κ2) is 6.10. The van der Waals surface area contributed by atoms with E-state index < -0.39 is 17.5 Å². The van der Waals surface area contributed by atoms with Crippen LogP contribution in [0, 0.1) is 24.5 Å². The molecule has 19 heavy (non-hydrogen) atoms. The predicted octanol–water partition coefficient (Wildman–Crippen LogP) is 2.00. The number of benzene rings is 1. The molecule has 0 spiro atoms. The Bertz CT molecular complexity index is 471. The lowest BCUT2D eigenvalue weighted by Gasteiger charge is -2.22. The highest BCUT2D eigenvalue weighted by atomic mass is 19.1. The largest absolute Gasteiger partial charge is 0.352 e. The molecular formula is C14H18F2N2O. The lowest BCUT2D eigenvalue weighted by molar-refractivity contribution is 0.0940. The fourth-order valence-electron chi connectivity index (χ4n) is 2.25. The summed E-state index contributed by atoms with van der Waals surface area (Å²) in [6.45, 7) is 3.81. The van der Waals surface area contributed by atoms with E-state index in [0.717, 1.165) is 38.1 Å². The summed E-state index contributed by atoms with van der Waals surface area (Å²) in [5, 5.41) is 5.91. The molecule has 0 bridgehead atoms. The van der Waals surface area contributed by atoms with Gasteiger partial charge in [-0.15, -0.1) is 0 Å². The number of carbonyl (C=O) groups is 1. The average molecular weight is 268 g/mol. The van der Waals surface area contributed by atoms with Gasteiger partial charge in [0, 0.05) is 6.54 Å². The van der Waals surface area contributed by atoms with Gasteiger partial charge in [0.1, 0.15) is 11.6 Å². The summed E-state index contributed by atoms with van der Waals surface area (Å²) in [6.07, 6.45) is 2.12. The van der Waals surface area contributed by atoms with Gasteiger partial charge in [0.2, 0.25) is 0 Å². The van der Waals surface area contributed by atoms with Crippen molar-refractivity contribution in [3.05, 3.63) is 34.9 Å². The SMILES string of the molecule is Cc1cc(F)c(C(=O)NCC2CCCNC2)cc1F. The maximum Gasteiger partial charge on any atom is 0.254 e. The van der Waals surface area contributed by atoms with Crippen molar-refractivity contribution in [2.24, 2.45) is 5.92 Å². The highest BCUT2D eigenvalue weighted by Gasteiger charge is 2.17. The number of piperidine rings is 1. The molecule has 1 fully saturated rings. The van der Waals surface area contributed by atoms with Crippen LogP contribution in [-0.2, 0) is 0 Å². The van der Waals surface area contributed by atoms with E-state index in [9.17, 15) is 13.6 Å². The number of hydrogen-bond acceptors (Lipinski definition) is 2. The average Bonchev–Trinajstić information content (AvgIpc) is 2.41. The van der Waals surface area contributed by atoms with Crippen molar-refractivity contribution in [2.75, 3.05) is 19.6 Å². The highest BCUT2D eigenvalue weighted by Crippen LogP contribution is 2.14. The molecule has 1 aliphatic rings. The third-order valence-electron chi connectivity index (χ3n) is 3.44. The number of hydrogen-bond donors (Lipinski definition) is 2. The molecule has 1 saturated heterocycles. The molecule has 0 radical (unpaired) electrons. The van der Waals surface area contributed by atoms with Gasteiger partial charge < -0.3 is 10.6 Å². The van der Waals surface area contributed by atoms with Crippen molar-refractivity contribution in [2.45, 2.75) is 19.8 Å². The fraction of sp³-hybridized carbons (Fsp3) is 0.500. The Balaban J connectivity index is 1.97. The van der Waals surface area contributed by atoms with Gasteiger partial charge >= 0.3 is 0 Å².